The van der Waals surface area contributed by atoms with Crippen LogP contribution in [0.2, 0.25) is 0 Å². The molecule has 2 atom stereocenters. The second-order valence-electron chi connectivity index (χ2n) is 6.79. The van der Waals surface area contributed by atoms with Crippen LogP contribution in [0.15, 0.2) is 24.3 Å². The van der Waals surface area contributed by atoms with Crippen LogP contribution in [0.3, 0.4) is 0 Å². The summed E-state index contributed by atoms with van der Waals surface area (Å²) in [6, 6.07) is 8.77. The van der Waals surface area contributed by atoms with E-state index in [4.69, 9.17) is 10.5 Å². The molecule has 0 spiro atoms. The van der Waals surface area contributed by atoms with E-state index >= 15 is 0 Å². The highest BCUT2D eigenvalue weighted by atomic mass is 16.5. The van der Waals surface area contributed by atoms with Gasteiger partial charge in [0, 0.05) is 24.8 Å². The molecule has 3 nitrogen and oxygen atoms in total. The van der Waals surface area contributed by atoms with Gasteiger partial charge in [0.05, 0.1) is 11.7 Å². The SMILES string of the molecule is CC1(C)CCC(CN2CCCC(N)c3ccccc32)O1. The van der Waals surface area contributed by atoms with Crippen molar-refractivity contribution in [3.63, 3.8) is 0 Å². The van der Waals surface area contributed by atoms with Crippen LogP contribution in [0.5, 0.6) is 0 Å². The number of ether oxygens (including phenoxy) is 1. The summed E-state index contributed by atoms with van der Waals surface area (Å²) in [6.45, 7) is 6.47. The van der Waals surface area contributed by atoms with E-state index in [1.807, 2.05) is 0 Å². The van der Waals surface area contributed by atoms with E-state index in [1.54, 1.807) is 0 Å². The fourth-order valence-corrected chi connectivity index (χ4v) is 3.51. The molecule has 0 aromatic heterocycles. The largest absolute Gasteiger partial charge is 0.371 e. The summed E-state index contributed by atoms with van der Waals surface area (Å²) in [7, 11) is 0. The van der Waals surface area contributed by atoms with Gasteiger partial charge in [-0.15, -0.1) is 0 Å². The highest BCUT2D eigenvalue weighted by Gasteiger charge is 2.33. The Bertz CT molecular complexity index is 472. The van der Waals surface area contributed by atoms with Crippen LogP contribution in [0.4, 0.5) is 5.69 Å². The van der Waals surface area contributed by atoms with Crippen molar-refractivity contribution >= 4 is 5.69 Å². The molecule has 2 N–H and O–H groups in total. The van der Waals surface area contributed by atoms with Crippen LogP contribution in [-0.2, 0) is 4.74 Å². The Morgan fingerprint density at radius 2 is 2.10 bits per heavy atom. The van der Waals surface area contributed by atoms with Crippen molar-refractivity contribution in [1.82, 2.24) is 0 Å². The number of hydrogen-bond donors (Lipinski definition) is 1. The van der Waals surface area contributed by atoms with E-state index in [0.717, 1.165) is 38.8 Å². The van der Waals surface area contributed by atoms with E-state index in [2.05, 4.69) is 43.0 Å². The van der Waals surface area contributed by atoms with Gasteiger partial charge in [-0.05, 0) is 51.2 Å². The number of hydrogen-bond acceptors (Lipinski definition) is 3. The summed E-state index contributed by atoms with van der Waals surface area (Å²) >= 11 is 0. The minimum absolute atomic E-state index is 0.0481. The molecule has 110 valence electrons. The van der Waals surface area contributed by atoms with E-state index in [1.165, 1.54) is 11.3 Å². The summed E-state index contributed by atoms with van der Waals surface area (Å²) in [4.78, 5) is 2.48. The fourth-order valence-electron chi connectivity index (χ4n) is 3.51. The highest BCUT2D eigenvalue weighted by Crippen LogP contribution is 2.34. The minimum Gasteiger partial charge on any atom is -0.371 e. The van der Waals surface area contributed by atoms with Crippen molar-refractivity contribution in [2.45, 2.75) is 57.3 Å². The van der Waals surface area contributed by atoms with Crippen molar-refractivity contribution in [3.8, 4) is 0 Å². The zero-order valence-electron chi connectivity index (χ0n) is 12.6. The molecular weight excluding hydrogens is 248 g/mol. The average Bonchev–Trinajstić information content (AvgIpc) is 2.68. The van der Waals surface area contributed by atoms with Crippen LogP contribution in [0.1, 0.15) is 51.1 Å². The van der Waals surface area contributed by atoms with Crippen molar-refractivity contribution in [1.29, 1.82) is 0 Å². The van der Waals surface area contributed by atoms with E-state index in [0.29, 0.717) is 6.10 Å². The Hall–Kier alpha value is -1.06. The predicted octanol–water partition coefficient (Wildman–Crippen LogP) is 3.24. The maximum Gasteiger partial charge on any atom is 0.0758 e. The average molecular weight is 274 g/mol. The van der Waals surface area contributed by atoms with Crippen molar-refractivity contribution < 1.29 is 4.74 Å². The first-order chi connectivity index (χ1) is 9.55. The summed E-state index contributed by atoms with van der Waals surface area (Å²) in [5.41, 5.74) is 8.95. The van der Waals surface area contributed by atoms with Crippen molar-refractivity contribution in [3.05, 3.63) is 29.8 Å². The molecular formula is C17H26N2O. The Morgan fingerprint density at radius 3 is 2.85 bits per heavy atom. The molecule has 1 aromatic carbocycles. The predicted molar refractivity (Wildman–Crippen MR) is 83.0 cm³/mol. The molecule has 2 aliphatic rings. The van der Waals surface area contributed by atoms with Gasteiger partial charge in [-0.1, -0.05) is 18.2 Å². The number of benzene rings is 1. The van der Waals surface area contributed by atoms with Gasteiger partial charge in [0.2, 0.25) is 0 Å². The molecule has 3 rings (SSSR count). The number of anilines is 1. The molecule has 1 aromatic rings. The Morgan fingerprint density at radius 1 is 1.30 bits per heavy atom. The lowest BCUT2D eigenvalue weighted by atomic mass is 10.0. The van der Waals surface area contributed by atoms with Crippen molar-refractivity contribution in [2.75, 3.05) is 18.0 Å². The zero-order chi connectivity index (χ0) is 14.2. The standard InChI is InChI=1S/C17H26N2O/c1-17(2)10-9-13(20-17)12-19-11-5-7-15(18)14-6-3-4-8-16(14)19/h3-4,6,8,13,15H,5,7,9-12,18H2,1-2H3. The normalized spacial score (nSPS) is 29.1. The van der Waals surface area contributed by atoms with Gasteiger partial charge in [0.15, 0.2) is 0 Å². The molecule has 2 aliphatic heterocycles. The third-order valence-corrected chi connectivity index (χ3v) is 4.60. The first-order valence-corrected chi connectivity index (χ1v) is 7.82. The molecule has 2 heterocycles. The third-order valence-electron chi connectivity index (χ3n) is 4.60. The monoisotopic (exact) mass is 274 g/mol. The number of fused-ring (bicyclic) bond motifs is 1. The van der Waals surface area contributed by atoms with Gasteiger partial charge in [-0.2, -0.15) is 0 Å². The molecule has 0 aliphatic carbocycles. The molecule has 2 unspecified atom stereocenters. The topological polar surface area (TPSA) is 38.5 Å². The van der Waals surface area contributed by atoms with Gasteiger partial charge in [0.1, 0.15) is 0 Å². The Labute approximate surface area is 122 Å². The molecule has 1 fully saturated rings. The first-order valence-electron chi connectivity index (χ1n) is 7.82. The number of nitrogens with zero attached hydrogens (tertiary/aromatic N) is 1. The van der Waals surface area contributed by atoms with E-state index in [-0.39, 0.29) is 11.6 Å². The number of nitrogens with two attached hydrogens (primary N) is 1. The van der Waals surface area contributed by atoms with Crippen LogP contribution in [0, 0.1) is 0 Å². The lowest BCUT2D eigenvalue weighted by molar-refractivity contribution is -0.0115. The summed E-state index contributed by atoms with van der Waals surface area (Å²) in [6.07, 6.45) is 4.91. The summed E-state index contributed by atoms with van der Waals surface area (Å²) < 4.78 is 6.16. The summed E-state index contributed by atoms with van der Waals surface area (Å²) in [5.74, 6) is 0. The van der Waals surface area contributed by atoms with Gasteiger partial charge in [-0.25, -0.2) is 0 Å². The fraction of sp³-hybridized carbons (Fsp3) is 0.647. The summed E-state index contributed by atoms with van der Waals surface area (Å²) in [5, 5.41) is 0. The second kappa shape index (κ2) is 5.38. The lowest BCUT2D eigenvalue weighted by Gasteiger charge is -2.29. The van der Waals surface area contributed by atoms with Crippen LogP contribution in [-0.4, -0.2) is 24.8 Å². The molecule has 20 heavy (non-hydrogen) atoms. The van der Waals surface area contributed by atoms with Crippen LogP contribution in [0.25, 0.3) is 0 Å². The number of rotatable bonds is 2. The Balaban J connectivity index is 1.78. The van der Waals surface area contributed by atoms with E-state index in [9.17, 15) is 0 Å². The first kappa shape index (κ1) is 13.9. The van der Waals surface area contributed by atoms with E-state index < -0.39 is 0 Å². The van der Waals surface area contributed by atoms with Crippen molar-refractivity contribution in [2.24, 2.45) is 5.73 Å². The quantitative estimate of drug-likeness (QED) is 0.899. The lowest BCUT2D eigenvalue weighted by Crippen LogP contribution is -2.34. The minimum atomic E-state index is 0.0481. The zero-order valence-corrected chi connectivity index (χ0v) is 12.6. The molecule has 0 radical (unpaired) electrons. The highest BCUT2D eigenvalue weighted by molar-refractivity contribution is 5.55. The third kappa shape index (κ3) is 2.84. The van der Waals surface area contributed by atoms with Crippen LogP contribution < -0.4 is 10.6 Å². The number of para-hydroxylation sites is 1. The van der Waals surface area contributed by atoms with Gasteiger partial charge < -0.3 is 15.4 Å². The molecule has 1 saturated heterocycles. The van der Waals surface area contributed by atoms with Gasteiger partial charge in [0.25, 0.3) is 0 Å². The smallest absolute Gasteiger partial charge is 0.0758 e. The molecule has 3 heteroatoms. The molecule has 0 saturated carbocycles. The Kier molecular flexibility index (Phi) is 3.74. The van der Waals surface area contributed by atoms with Crippen LogP contribution >= 0.6 is 0 Å². The molecule has 0 bridgehead atoms. The maximum atomic E-state index is 6.30. The second-order valence-corrected chi connectivity index (χ2v) is 6.79. The van der Waals surface area contributed by atoms with Gasteiger partial charge in [-0.3, -0.25) is 0 Å². The maximum absolute atomic E-state index is 6.30. The molecule has 0 amide bonds. The van der Waals surface area contributed by atoms with Gasteiger partial charge >= 0.3 is 0 Å².